The second kappa shape index (κ2) is 7.61. The molecule has 0 spiro atoms. The molecule has 92 valence electrons. The summed E-state index contributed by atoms with van der Waals surface area (Å²) in [5.74, 6) is -1.83. The fourth-order valence-electron chi connectivity index (χ4n) is 0.805. The highest BCUT2D eigenvalue weighted by atomic mass is 19.4. The van der Waals surface area contributed by atoms with E-state index in [4.69, 9.17) is 9.47 Å². The lowest BCUT2D eigenvalue weighted by Gasteiger charge is -2.16. The summed E-state index contributed by atoms with van der Waals surface area (Å²) >= 11 is 0. The molecule has 0 aliphatic heterocycles. The zero-order chi connectivity index (χ0) is 11.2. The molecule has 0 bridgehead atoms. The summed E-state index contributed by atoms with van der Waals surface area (Å²) in [5, 5.41) is 0. The number of Topliss-reactive ketones (excluding diaryl/α,β-unsaturated/α-hetero) is 1. The first-order valence-electron chi connectivity index (χ1n) is 4.25. The van der Waals surface area contributed by atoms with Gasteiger partial charge in [-0.15, -0.1) is 0 Å². The average molecular weight is 232 g/mol. The molecule has 2 N–H and O–H groups in total. The summed E-state index contributed by atoms with van der Waals surface area (Å²) in [5.41, 5.74) is 0. The molecule has 0 aromatic rings. The van der Waals surface area contributed by atoms with Crippen LogP contribution in [-0.2, 0) is 14.3 Å². The van der Waals surface area contributed by atoms with Crippen molar-refractivity contribution in [3.63, 3.8) is 0 Å². The third-order valence-electron chi connectivity index (χ3n) is 1.37. The number of carbonyl (C=O) groups is 1. The highest BCUT2D eigenvalue weighted by molar-refractivity contribution is 5.84. The number of ether oxygens (including phenoxy) is 2. The van der Waals surface area contributed by atoms with Crippen molar-refractivity contribution in [2.45, 2.75) is 32.7 Å². The molecule has 0 aliphatic rings. The lowest BCUT2D eigenvalue weighted by molar-refractivity contribution is -0.187. The Kier molecular flexibility index (Phi) is 8.50. The molecule has 0 aromatic heterocycles. The Hall–Kier alpha value is -0.660. The van der Waals surface area contributed by atoms with Gasteiger partial charge < -0.3 is 14.9 Å². The van der Waals surface area contributed by atoms with E-state index >= 15 is 0 Å². The molecule has 0 unspecified atom stereocenters. The molecule has 7 heteroatoms. The molecule has 15 heavy (non-hydrogen) atoms. The summed E-state index contributed by atoms with van der Waals surface area (Å²) in [6.07, 6.45) is -6.70. The number of halogens is 3. The molecule has 0 aliphatic carbocycles. The average Bonchev–Trinajstić information content (AvgIpc) is 2.03. The van der Waals surface area contributed by atoms with Gasteiger partial charge in [-0.2, -0.15) is 13.2 Å². The number of carbonyl (C=O) groups excluding carboxylic acids is 1. The largest absolute Gasteiger partial charge is 0.450 e. The molecular weight excluding hydrogens is 217 g/mol. The molecule has 0 saturated carbocycles. The summed E-state index contributed by atoms with van der Waals surface area (Å²) in [6, 6.07) is 0. The van der Waals surface area contributed by atoms with Crippen LogP contribution in [0.2, 0.25) is 0 Å². The van der Waals surface area contributed by atoms with Crippen LogP contribution in [0.1, 0.15) is 20.3 Å². The SMILES string of the molecule is CCOC(CC(=O)C(F)(F)F)OCC.O. The first kappa shape index (κ1) is 16.8. The first-order valence-corrected chi connectivity index (χ1v) is 4.25. The van der Waals surface area contributed by atoms with E-state index in [1.165, 1.54) is 0 Å². The van der Waals surface area contributed by atoms with Crippen LogP contribution in [0.15, 0.2) is 0 Å². The lowest BCUT2D eigenvalue weighted by Crippen LogP contribution is -2.30. The van der Waals surface area contributed by atoms with Crippen molar-refractivity contribution in [1.29, 1.82) is 0 Å². The third-order valence-corrected chi connectivity index (χ3v) is 1.37. The molecule has 0 fully saturated rings. The molecule has 0 aromatic carbocycles. The van der Waals surface area contributed by atoms with E-state index < -0.39 is 24.7 Å². The first-order chi connectivity index (χ1) is 6.41. The maximum absolute atomic E-state index is 11.8. The van der Waals surface area contributed by atoms with Crippen LogP contribution in [0.25, 0.3) is 0 Å². The van der Waals surface area contributed by atoms with Gasteiger partial charge in [0, 0.05) is 13.2 Å². The van der Waals surface area contributed by atoms with E-state index in [-0.39, 0.29) is 18.7 Å². The molecule has 4 nitrogen and oxygen atoms in total. The Morgan fingerprint density at radius 2 is 1.60 bits per heavy atom. The van der Waals surface area contributed by atoms with Crippen molar-refractivity contribution >= 4 is 5.78 Å². The van der Waals surface area contributed by atoms with Gasteiger partial charge in [0.1, 0.15) is 0 Å². The topological polar surface area (TPSA) is 67.0 Å². The van der Waals surface area contributed by atoms with Gasteiger partial charge in [0.15, 0.2) is 6.29 Å². The highest BCUT2D eigenvalue weighted by Crippen LogP contribution is 2.19. The zero-order valence-electron chi connectivity index (χ0n) is 8.56. The van der Waals surface area contributed by atoms with Crippen molar-refractivity contribution in [3.8, 4) is 0 Å². The minimum Gasteiger partial charge on any atom is -0.412 e. The Balaban J connectivity index is 0. The van der Waals surface area contributed by atoms with Crippen molar-refractivity contribution in [2.24, 2.45) is 0 Å². The van der Waals surface area contributed by atoms with E-state index in [9.17, 15) is 18.0 Å². The number of hydrogen-bond acceptors (Lipinski definition) is 3. The van der Waals surface area contributed by atoms with E-state index in [2.05, 4.69) is 0 Å². The Labute approximate surface area is 85.7 Å². The minimum atomic E-state index is -4.81. The van der Waals surface area contributed by atoms with Crippen molar-refractivity contribution in [3.05, 3.63) is 0 Å². The van der Waals surface area contributed by atoms with Crippen LogP contribution in [0.3, 0.4) is 0 Å². The van der Waals surface area contributed by atoms with E-state index in [0.717, 1.165) is 0 Å². The van der Waals surface area contributed by atoms with Crippen molar-refractivity contribution in [1.82, 2.24) is 0 Å². The quantitative estimate of drug-likeness (QED) is 0.643. The van der Waals surface area contributed by atoms with Crippen molar-refractivity contribution < 1.29 is 32.9 Å². The Morgan fingerprint density at radius 3 is 1.87 bits per heavy atom. The predicted molar refractivity (Wildman–Crippen MR) is 46.3 cm³/mol. The molecule has 0 atom stereocenters. The van der Waals surface area contributed by atoms with Gasteiger partial charge in [0.05, 0.1) is 6.42 Å². The lowest BCUT2D eigenvalue weighted by atomic mass is 10.2. The second-order valence-corrected chi connectivity index (χ2v) is 2.47. The maximum Gasteiger partial charge on any atom is 0.450 e. The maximum atomic E-state index is 11.8. The number of alkyl halides is 3. The molecule has 0 radical (unpaired) electrons. The summed E-state index contributed by atoms with van der Waals surface area (Å²) in [4.78, 5) is 10.5. The van der Waals surface area contributed by atoms with Crippen LogP contribution < -0.4 is 0 Å². The van der Waals surface area contributed by atoms with Gasteiger partial charge >= 0.3 is 6.18 Å². The molecular formula is C8H15F3O4. The standard InChI is InChI=1S/C8H13F3O3.H2O/c1-3-13-7(14-4-2)5-6(12)8(9,10)11;/h7H,3-5H2,1-2H3;1H2. The van der Waals surface area contributed by atoms with Crippen LogP contribution in [0.5, 0.6) is 0 Å². The van der Waals surface area contributed by atoms with Crippen LogP contribution >= 0.6 is 0 Å². The van der Waals surface area contributed by atoms with Gasteiger partial charge in [-0.1, -0.05) is 0 Å². The highest BCUT2D eigenvalue weighted by Gasteiger charge is 2.39. The van der Waals surface area contributed by atoms with Crippen LogP contribution in [0.4, 0.5) is 13.2 Å². The molecule has 0 amide bonds. The summed E-state index contributed by atoms with van der Waals surface area (Å²) in [6.45, 7) is 3.64. The molecule has 0 heterocycles. The van der Waals surface area contributed by atoms with E-state index in [1.807, 2.05) is 0 Å². The Morgan fingerprint density at radius 1 is 1.20 bits per heavy atom. The minimum absolute atomic E-state index is 0. The number of rotatable bonds is 6. The smallest absolute Gasteiger partial charge is 0.412 e. The number of hydrogen-bond donors (Lipinski definition) is 0. The van der Waals surface area contributed by atoms with E-state index in [0.29, 0.717) is 0 Å². The van der Waals surface area contributed by atoms with Crippen LogP contribution in [0, 0.1) is 0 Å². The van der Waals surface area contributed by atoms with Crippen LogP contribution in [-0.4, -0.2) is 36.9 Å². The predicted octanol–water partition coefficient (Wildman–Crippen LogP) is 1.08. The van der Waals surface area contributed by atoms with Crippen molar-refractivity contribution in [2.75, 3.05) is 13.2 Å². The van der Waals surface area contributed by atoms with Gasteiger partial charge in [-0.25, -0.2) is 0 Å². The molecule has 0 saturated heterocycles. The third kappa shape index (κ3) is 7.29. The fourth-order valence-corrected chi connectivity index (χ4v) is 0.805. The number of ketones is 1. The fraction of sp³-hybridized carbons (Fsp3) is 0.875. The zero-order valence-corrected chi connectivity index (χ0v) is 8.56. The monoisotopic (exact) mass is 232 g/mol. The summed E-state index contributed by atoms with van der Waals surface area (Å²) < 4.78 is 45.1. The van der Waals surface area contributed by atoms with E-state index in [1.54, 1.807) is 13.8 Å². The second-order valence-electron chi connectivity index (χ2n) is 2.47. The van der Waals surface area contributed by atoms with Gasteiger partial charge in [0.25, 0.3) is 0 Å². The van der Waals surface area contributed by atoms with Gasteiger partial charge in [-0.05, 0) is 13.8 Å². The Bertz CT molecular complexity index is 175. The normalized spacial score (nSPS) is 11.3. The molecule has 0 rings (SSSR count). The van der Waals surface area contributed by atoms with Gasteiger partial charge in [-0.3, -0.25) is 4.79 Å². The van der Waals surface area contributed by atoms with Gasteiger partial charge in [0.2, 0.25) is 5.78 Å². The summed E-state index contributed by atoms with van der Waals surface area (Å²) in [7, 11) is 0.